The second-order valence-electron chi connectivity index (χ2n) is 4.04. The lowest BCUT2D eigenvalue weighted by molar-refractivity contribution is -0.122. The monoisotopic (exact) mass is 304 g/mol. The number of carbonyl (C=O) groups is 2. The van der Waals surface area contributed by atoms with E-state index in [2.05, 4.69) is 10.6 Å². The van der Waals surface area contributed by atoms with Gasteiger partial charge in [0.2, 0.25) is 0 Å². The van der Waals surface area contributed by atoms with Crippen LogP contribution in [0.15, 0.2) is 18.2 Å². The molecule has 0 unspecified atom stereocenters. The molecule has 0 fully saturated rings. The topological polar surface area (TPSA) is 67.4 Å². The summed E-state index contributed by atoms with van der Waals surface area (Å²) in [6.07, 6.45) is 0. The highest BCUT2D eigenvalue weighted by atomic mass is 35.5. The molecule has 1 aromatic rings. The lowest BCUT2D eigenvalue weighted by Gasteiger charge is -2.10. The van der Waals surface area contributed by atoms with Crippen LogP contribution in [0.4, 0.5) is 4.79 Å². The molecular formula is C12H14Cl2N2O3. The van der Waals surface area contributed by atoms with Gasteiger partial charge in [0.25, 0.3) is 5.91 Å². The van der Waals surface area contributed by atoms with Crippen molar-refractivity contribution in [1.82, 2.24) is 10.6 Å². The Balaban J connectivity index is 2.46. The normalized spacial score (nSPS) is 10.2. The lowest BCUT2D eigenvalue weighted by atomic mass is 10.3. The first-order chi connectivity index (χ1) is 8.88. The number of hydrogen-bond donors (Lipinski definition) is 2. The highest BCUT2D eigenvalue weighted by Crippen LogP contribution is 2.27. The summed E-state index contributed by atoms with van der Waals surface area (Å²) in [5.41, 5.74) is 0. The van der Waals surface area contributed by atoms with E-state index in [-0.39, 0.29) is 18.4 Å². The van der Waals surface area contributed by atoms with Crippen molar-refractivity contribution in [3.8, 4) is 5.75 Å². The van der Waals surface area contributed by atoms with Crippen LogP contribution in [0.3, 0.4) is 0 Å². The van der Waals surface area contributed by atoms with E-state index in [1.165, 1.54) is 6.07 Å². The summed E-state index contributed by atoms with van der Waals surface area (Å²) in [7, 11) is 0. The van der Waals surface area contributed by atoms with E-state index in [0.717, 1.165) is 0 Å². The maximum Gasteiger partial charge on any atom is 0.321 e. The fourth-order valence-electron chi connectivity index (χ4n) is 1.19. The number of halogens is 2. The maximum absolute atomic E-state index is 11.4. The van der Waals surface area contributed by atoms with Gasteiger partial charge in [0.05, 0.1) is 5.02 Å². The molecule has 0 aromatic heterocycles. The predicted octanol–water partition coefficient (Wildman–Crippen LogP) is 2.61. The largest absolute Gasteiger partial charge is 0.482 e. The molecule has 0 aliphatic rings. The van der Waals surface area contributed by atoms with Gasteiger partial charge in [0.1, 0.15) is 5.75 Å². The Morgan fingerprint density at radius 3 is 2.63 bits per heavy atom. The second kappa shape index (κ2) is 7.21. The van der Waals surface area contributed by atoms with E-state index in [1.807, 2.05) is 0 Å². The minimum absolute atomic E-state index is 0.0592. The molecule has 0 heterocycles. The standard InChI is InChI=1S/C12H14Cl2N2O3/c1-7(2)15-12(18)16-11(17)6-19-10-5-8(13)3-4-9(10)14/h3-5,7H,6H2,1-2H3,(H2,15,16,17,18). The molecule has 2 N–H and O–H groups in total. The fourth-order valence-corrected chi connectivity index (χ4v) is 1.53. The van der Waals surface area contributed by atoms with Crippen LogP contribution in [0.25, 0.3) is 0 Å². The molecule has 0 atom stereocenters. The number of urea groups is 1. The van der Waals surface area contributed by atoms with E-state index in [0.29, 0.717) is 10.0 Å². The van der Waals surface area contributed by atoms with Crippen molar-refractivity contribution >= 4 is 35.1 Å². The molecule has 5 nitrogen and oxygen atoms in total. The zero-order chi connectivity index (χ0) is 14.4. The molecule has 0 bridgehead atoms. The number of ether oxygens (including phenoxy) is 1. The van der Waals surface area contributed by atoms with E-state index in [1.54, 1.807) is 26.0 Å². The van der Waals surface area contributed by atoms with Crippen molar-refractivity contribution in [3.05, 3.63) is 28.2 Å². The third-order valence-corrected chi connectivity index (χ3v) is 2.47. The van der Waals surface area contributed by atoms with E-state index >= 15 is 0 Å². The number of nitrogens with one attached hydrogen (secondary N) is 2. The number of amides is 3. The van der Waals surface area contributed by atoms with Crippen molar-refractivity contribution in [3.63, 3.8) is 0 Å². The smallest absolute Gasteiger partial charge is 0.321 e. The Morgan fingerprint density at radius 2 is 2.00 bits per heavy atom. The van der Waals surface area contributed by atoms with Gasteiger partial charge in [0.15, 0.2) is 6.61 Å². The zero-order valence-corrected chi connectivity index (χ0v) is 12.0. The first-order valence-corrected chi connectivity index (χ1v) is 6.32. The molecule has 7 heteroatoms. The average Bonchev–Trinajstić information content (AvgIpc) is 2.29. The number of benzene rings is 1. The highest BCUT2D eigenvalue weighted by molar-refractivity contribution is 6.34. The summed E-state index contributed by atoms with van der Waals surface area (Å²) in [5, 5.41) is 5.42. The van der Waals surface area contributed by atoms with Gasteiger partial charge < -0.3 is 10.1 Å². The van der Waals surface area contributed by atoms with Crippen LogP contribution in [0, 0.1) is 0 Å². The molecule has 0 saturated heterocycles. The zero-order valence-electron chi connectivity index (χ0n) is 10.5. The first kappa shape index (κ1) is 15.6. The van der Waals surface area contributed by atoms with E-state index < -0.39 is 11.9 Å². The molecule has 0 aliphatic heterocycles. The van der Waals surface area contributed by atoms with Crippen LogP contribution in [0.5, 0.6) is 5.75 Å². The average molecular weight is 305 g/mol. The molecule has 0 radical (unpaired) electrons. The number of rotatable bonds is 4. The number of carbonyl (C=O) groups excluding carboxylic acids is 2. The molecule has 1 aromatic carbocycles. The van der Waals surface area contributed by atoms with Gasteiger partial charge in [-0.15, -0.1) is 0 Å². The van der Waals surface area contributed by atoms with E-state index in [4.69, 9.17) is 27.9 Å². The van der Waals surface area contributed by atoms with Crippen molar-refractivity contribution < 1.29 is 14.3 Å². The first-order valence-electron chi connectivity index (χ1n) is 5.56. The van der Waals surface area contributed by atoms with Crippen LogP contribution in [-0.2, 0) is 4.79 Å². The van der Waals surface area contributed by atoms with Gasteiger partial charge in [0, 0.05) is 17.1 Å². The lowest BCUT2D eigenvalue weighted by Crippen LogP contribution is -2.44. The third kappa shape index (κ3) is 5.81. The Kier molecular flexibility index (Phi) is 5.92. The van der Waals surface area contributed by atoms with Gasteiger partial charge in [-0.3, -0.25) is 10.1 Å². The Bertz CT molecular complexity index is 478. The van der Waals surface area contributed by atoms with Gasteiger partial charge in [-0.1, -0.05) is 23.2 Å². The maximum atomic E-state index is 11.4. The quantitative estimate of drug-likeness (QED) is 0.898. The predicted molar refractivity (Wildman–Crippen MR) is 73.8 cm³/mol. The van der Waals surface area contributed by atoms with Crippen molar-refractivity contribution in [2.45, 2.75) is 19.9 Å². The van der Waals surface area contributed by atoms with Crippen LogP contribution in [0.1, 0.15) is 13.8 Å². The van der Waals surface area contributed by atoms with Crippen LogP contribution in [-0.4, -0.2) is 24.6 Å². The Morgan fingerprint density at radius 1 is 1.32 bits per heavy atom. The summed E-state index contributed by atoms with van der Waals surface area (Å²) in [4.78, 5) is 22.7. The van der Waals surface area contributed by atoms with Crippen molar-refractivity contribution in [1.29, 1.82) is 0 Å². The molecular weight excluding hydrogens is 291 g/mol. The molecule has 0 aliphatic carbocycles. The summed E-state index contributed by atoms with van der Waals surface area (Å²) >= 11 is 11.6. The third-order valence-electron chi connectivity index (χ3n) is 1.92. The Hall–Kier alpha value is -1.46. The van der Waals surface area contributed by atoms with Crippen molar-refractivity contribution in [2.24, 2.45) is 0 Å². The molecule has 19 heavy (non-hydrogen) atoms. The summed E-state index contributed by atoms with van der Waals surface area (Å²) < 4.78 is 5.18. The van der Waals surface area contributed by atoms with Gasteiger partial charge >= 0.3 is 6.03 Å². The van der Waals surface area contributed by atoms with Gasteiger partial charge in [-0.25, -0.2) is 4.79 Å². The molecule has 104 valence electrons. The number of hydrogen-bond acceptors (Lipinski definition) is 3. The molecule has 1 rings (SSSR count). The minimum Gasteiger partial charge on any atom is -0.482 e. The van der Waals surface area contributed by atoms with Crippen molar-refractivity contribution in [2.75, 3.05) is 6.61 Å². The van der Waals surface area contributed by atoms with Gasteiger partial charge in [-0.2, -0.15) is 0 Å². The van der Waals surface area contributed by atoms with Crippen LogP contribution in [0.2, 0.25) is 10.0 Å². The van der Waals surface area contributed by atoms with Gasteiger partial charge in [-0.05, 0) is 26.0 Å². The Labute approximate surface area is 121 Å². The van der Waals surface area contributed by atoms with E-state index in [9.17, 15) is 9.59 Å². The SMILES string of the molecule is CC(C)NC(=O)NC(=O)COc1cc(Cl)ccc1Cl. The fraction of sp³-hybridized carbons (Fsp3) is 0.333. The summed E-state index contributed by atoms with van der Waals surface area (Å²) in [6, 6.07) is 4.03. The minimum atomic E-state index is -0.575. The second-order valence-corrected chi connectivity index (χ2v) is 4.88. The molecule has 0 saturated carbocycles. The van der Waals surface area contributed by atoms with Crippen LogP contribution < -0.4 is 15.4 Å². The number of imide groups is 1. The van der Waals surface area contributed by atoms with Crippen LogP contribution >= 0.6 is 23.2 Å². The molecule has 0 spiro atoms. The highest BCUT2D eigenvalue weighted by Gasteiger charge is 2.10. The summed E-state index contributed by atoms with van der Waals surface area (Å²) in [5.74, 6) is -0.289. The molecule has 3 amide bonds. The summed E-state index contributed by atoms with van der Waals surface area (Å²) in [6.45, 7) is 3.24.